The molecule has 4 N–H and O–H groups in total. The molecule has 116 valence electrons. The van der Waals surface area contributed by atoms with Crippen molar-refractivity contribution >= 4 is 39.0 Å². The molecule has 1 aromatic carbocycles. The van der Waals surface area contributed by atoms with Crippen LogP contribution in [0.3, 0.4) is 0 Å². The molecule has 0 heterocycles. The third kappa shape index (κ3) is 5.70. The molecule has 1 unspecified atom stereocenters. The van der Waals surface area contributed by atoms with Crippen LogP contribution in [0.15, 0.2) is 18.2 Å². The van der Waals surface area contributed by atoms with E-state index in [1.165, 1.54) is 18.2 Å². The summed E-state index contributed by atoms with van der Waals surface area (Å²) in [6.45, 7) is 0. The largest absolute Gasteiger partial charge is 0.478 e. The molecular formula is C12H15ClN2O5S. The molecule has 0 aliphatic rings. The predicted octanol–water partition coefficient (Wildman–Crippen LogP) is 0.739. The monoisotopic (exact) mass is 334 g/mol. The minimum atomic E-state index is -3.22. The zero-order valence-electron chi connectivity index (χ0n) is 11.2. The van der Waals surface area contributed by atoms with E-state index in [1.54, 1.807) is 0 Å². The Kier molecular flexibility index (Phi) is 5.70. The molecule has 9 heteroatoms. The number of carboxylic acids is 1. The zero-order valence-corrected chi connectivity index (χ0v) is 12.7. The Labute approximate surface area is 127 Å². The van der Waals surface area contributed by atoms with Crippen molar-refractivity contribution in [2.45, 2.75) is 12.5 Å². The maximum absolute atomic E-state index is 11.8. The summed E-state index contributed by atoms with van der Waals surface area (Å²) in [6, 6.07) is 2.79. The summed E-state index contributed by atoms with van der Waals surface area (Å²) < 4.78 is 22.0. The van der Waals surface area contributed by atoms with Gasteiger partial charge in [0.15, 0.2) is 0 Å². The number of carbonyl (C=O) groups excluding carboxylic acids is 1. The number of halogens is 1. The summed E-state index contributed by atoms with van der Waals surface area (Å²) in [5.74, 6) is -2.02. The molecule has 1 aromatic rings. The number of sulfone groups is 1. The first-order valence-electron chi connectivity index (χ1n) is 5.87. The Balaban J connectivity index is 2.78. The molecule has 0 radical (unpaired) electrons. The van der Waals surface area contributed by atoms with Crippen molar-refractivity contribution in [3.63, 3.8) is 0 Å². The minimum Gasteiger partial charge on any atom is -0.478 e. The first-order valence-corrected chi connectivity index (χ1v) is 8.31. The molecule has 7 nitrogen and oxygen atoms in total. The van der Waals surface area contributed by atoms with E-state index in [0.717, 1.165) is 6.26 Å². The molecule has 0 aromatic heterocycles. The van der Waals surface area contributed by atoms with Gasteiger partial charge in [-0.25, -0.2) is 13.2 Å². The van der Waals surface area contributed by atoms with Crippen molar-refractivity contribution in [3.8, 4) is 0 Å². The van der Waals surface area contributed by atoms with Gasteiger partial charge in [0.2, 0.25) is 5.91 Å². The Hall–Kier alpha value is -1.64. The number of carboxylic acid groups (broad SMARTS) is 1. The fourth-order valence-electron chi connectivity index (χ4n) is 1.45. The lowest BCUT2D eigenvalue weighted by Crippen LogP contribution is -2.37. The standard InChI is InChI=1S/C12H15ClN2O5S/c1-21(19,20)5-4-9(14)11(16)15-10-6-7(12(17)18)2-3-8(10)13/h2-3,6,9H,4-5,14H2,1H3,(H,15,16)(H,17,18). The van der Waals surface area contributed by atoms with Gasteiger partial charge in [-0.3, -0.25) is 4.79 Å². The second-order valence-corrected chi connectivity index (χ2v) is 7.18. The highest BCUT2D eigenvalue weighted by atomic mass is 35.5. The molecule has 1 rings (SSSR count). The molecule has 0 aliphatic carbocycles. The van der Waals surface area contributed by atoms with Gasteiger partial charge < -0.3 is 16.2 Å². The second kappa shape index (κ2) is 6.88. The van der Waals surface area contributed by atoms with Crippen molar-refractivity contribution in [2.24, 2.45) is 5.73 Å². The molecule has 21 heavy (non-hydrogen) atoms. The maximum Gasteiger partial charge on any atom is 0.335 e. The van der Waals surface area contributed by atoms with Gasteiger partial charge in [0.05, 0.1) is 28.1 Å². The van der Waals surface area contributed by atoms with E-state index in [-0.39, 0.29) is 28.4 Å². The van der Waals surface area contributed by atoms with Crippen LogP contribution in [-0.4, -0.2) is 43.5 Å². The van der Waals surface area contributed by atoms with E-state index in [9.17, 15) is 18.0 Å². The van der Waals surface area contributed by atoms with Crippen LogP contribution in [0.4, 0.5) is 5.69 Å². The van der Waals surface area contributed by atoms with Gasteiger partial charge in [-0.05, 0) is 24.6 Å². The van der Waals surface area contributed by atoms with Crippen LogP contribution in [-0.2, 0) is 14.6 Å². The highest BCUT2D eigenvalue weighted by Gasteiger charge is 2.17. The summed E-state index contributed by atoms with van der Waals surface area (Å²) >= 11 is 5.85. The van der Waals surface area contributed by atoms with Crippen molar-refractivity contribution in [1.82, 2.24) is 0 Å². The number of hydrogen-bond donors (Lipinski definition) is 3. The van der Waals surface area contributed by atoms with E-state index < -0.39 is 27.8 Å². The predicted molar refractivity (Wildman–Crippen MR) is 79.3 cm³/mol. The summed E-state index contributed by atoms with van der Waals surface area (Å²) in [5.41, 5.74) is 5.65. The lowest BCUT2D eigenvalue weighted by Gasteiger charge is -2.13. The van der Waals surface area contributed by atoms with Crippen molar-refractivity contribution in [3.05, 3.63) is 28.8 Å². The van der Waals surface area contributed by atoms with E-state index >= 15 is 0 Å². The smallest absolute Gasteiger partial charge is 0.335 e. The Morgan fingerprint density at radius 1 is 1.43 bits per heavy atom. The maximum atomic E-state index is 11.8. The number of amides is 1. The van der Waals surface area contributed by atoms with E-state index in [4.69, 9.17) is 22.4 Å². The van der Waals surface area contributed by atoms with Crippen LogP contribution >= 0.6 is 11.6 Å². The number of nitrogens with one attached hydrogen (secondary N) is 1. The topological polar surface area (TPSA) is 127 Å². The number of carbonyl (C=O) groups is 2. The Morgan fingerprint density at radius 3 is 2.57 bits per heavy atom. The fraction of sp³-hybridized carbons (Fsp3) is 0.333. The van der Waals surface area contributed by atoms with Gasteiger partial charge in [0, 0.05) is 6.26 Å². The molecule has 0 saturated carbocycles. The minimum absolute atomic E-state index is 0.0408. The molecule has 1 amide bonds. The molecule has 0 saturated heterocycles. The van der Waals surface area contributed by atoms with Gasteiger partial charge in [0.1, 0.15) is 9.84 Å². The lowest BCUT2D eigenvalue weighted by atomic mass is 10.2. The van der Waals surface area contributed by atoms with Crippen LogP contribution < -0.4 is 11.1 Å². The number of anilines is 1. The quantitative estimate of drug-likeness (QED) is 0.704. The second-order valence-electron chi connectivity index (χ2n) is 4.51. The van der Waals surface area contributed by atoms with E-state index in [1.807, 2.05) is 0 Å². The number of benzene rings is 1. The highest BCUT2D eigenvalue weighted by molar-refractivity contribution is 7.90. The fourth-order valence-corrected chi connectivity index (χ4v) is 2.30. The summed E-state index contributed by atoms with van der Waals surface area (Å²) in [5, 5.41) is 11.4. The van der Waals surface area contributed by atoms with Crippen LogP contribution in [0.2, 0.25) is 5.02 Å². The summed E-state index contributed by atoms with van der Waals surface area (Å²) in [7, 11) is -3.22. The first-order chi connectivity index (χ1) is 9.60. The zero-order chi connectivity index (χ0) is 16.2. The van der Waals surface area contributed by atoms with Crippen LogP contribution in [0.1, 0.15) is 16.8 Å². The Bertz CT molecular complexity index is 660. The highest BCUT2D eigenvalue weighted by Crippen LogP contribution is 2.23. The number of aromatic carboxylic acids is 1. The molecular weight excluding hydrogens is 320 g/mol. The van der Waals surface area contributed by atoms with Gasteiger partial charge in [-0.1, -0.05) is 11.6 Å². The SMILES string of the molecule is CS(=O)(=O)CCC(N)C(=O)Nc1cc(C(=O)O)ccc1Cl. The number of hydrogen-bond acceptors (Lipinski definition) is 5. The number of nitrogens with two attached hydrogens (primary N) is 1. The van der Waals surface area contributed by atoms with Gasteiger partial charge >= 0.3 is 5.97 Å². The normalized spacial score (nSPS) is 12.7. The third-order valence-electron chi connectivity index (χ3n) is 2.61. The van der Waals surface area contributed by atoms with Crippen LogP contribution in [0.5, 0.6) is 0 Å². The molecule has 0 fully saturated rings. The van der Waals surface area contributed by atoms with Crippen molar-refractivity contribution in [1.29, 1.82) is 0 Å². The van der Waals surface area contributed by atoms with Crippen LogP contribution in [0, 0.1) is 0 Å². The van der Waals surface area contributed by atoms with Gasteiger partial charge in [-0.2, -0.15) is 0 Å². The van der Waals surface area contributed by atoms with E-state index in [0.29, 0.717) is 0 Å². The molecule has 1 atom stereocenters. The molecule has 0 aliphatic heterocycles. The molecule has 0 spiro atoms. The van der Waals surface area contributed by atoms with Crippen molar-refractivity contribution < 1.29 is 23.1 Å². The van der Waals surface area contributed by atoms with E-state index in [2.05, 4.69) is 5.32 Å². The van der Waals surface area contributed by atoms with Crippen LogP contribution in [0.25, 0.3) is 0 Å². The first kappa shape index (κ1) is 17.4. The average molecular weight is 335 g/mol. The Morgan fingerprint density at radius 2 is 2.05 bits per heavy atom. The van der Waals surface area contributed by atoms with Gasteiger partial charge in [-0.15, -0.1) is 0 Å². The lowest BCUT2D eigenvalue weighted by molar-refractivity contribution is -0.117. The summed E-state index contributed by atoms with van der Waals surface area (Å²) in [6.07, 6.45) is 1.01. The average Bonchev–Trinajstić information content (AvgIpc) is 2.37. The summed E-state index contributed by atoms with van der Waals surface area (Å²) in [4.78, 5) is 22.7. The third-order valence-corrected chi connectivity index (χ3v) is 3.91. The number of rotatable bonds is 6. The van der Waals surface area contributed by atoms with Crippen molar-refractivity contribution in [2.75, 3.05) is 17.3 Å². The van der Waals surface area contributed by atoms with Gasteiger partial charge in [0.25, 0.3) is 0 Å². The molecule has 0 bridgehead atoms.